The van der Waals surface area contributed by atoms with Crippen LogP contribution in [0.5, 0.6) is 5.75 Å². The van der Waals surface area contributed by atoms with Crippen LogP contribution in [0.3, 0.4) is 0 Å². The summed E-state index contributed by atoms with van der Waals surface area (Å²) in [4.78, 5) is 16.2. The smallest absolute Gasteiger partial charge is 0.119 e. The molecule has 0 aliphatic heterocycles. The number of carbonyl (C=O) groups is 1. The lowest BCUT2D eigenvalue weighted by molar-refractivity contribution is -0.254. The second-order valence-electron chi connectivity index (χ2n) is 6.09. The van der Waals surface area contributed by atoms with Crippen molar-refractivity contribution in [3.63, 3.8) is 0 Å². The van der Waals surface area contributed by atoms with Crippen LogP contribution in [0.1, 0.15) is 35.7 Å². The highest BCUT2D eigenvalue weighted by Crippen LogP contribution is 2.27. The van der Waals surface area contributed by atoms with Crippen LogP contribution < -0.4 is 9.84 Å². The first-order chi connectivity index (χ1) is 12.1. The summed E-state index contributed by atoms with van der Waals surface area (Å²) in [6.45, 7) is 4.73. The predicted octanol–water partition coefficient (Wildman–Crippen LogP) is 3.75. The lowest BCUT2D eigenvalue weighted by Crippen LogP contribution is -2.22. The van der Waals surface area contributed by atoms with Gasteiger partial charge >= 0.3 is 0 Å². The first-order valence-electron chi connectivity index (χ1n) is 8.44. The molecule has 0 atom stereocenters. The van der Waals surface area contributed by atoms with Crippen molar-refractivity contribution in [1.82, 2.24) is 4.98 Å². The van der Waals surface area contributed by atoms with Crippen LogP contribution in [0.25, 0.3) is 22.2 Å². The summed E-state index contributed by atoms with van der Waals surface area (Å²) in [6.07, 6.45) is 2.10. The van der Waals surface area contributed by atoms with E-state index in [1.165, 1.54) is 0 Å². The van der Waals surface area contributed by atoms with Crippen LogP contribution in [0, 0.1) is 6.92 Å². The number of aromatic carboxylic acids is 1. The Bertz CT molecular complexity index is 901. The Labute approximate surface area is 147 Å². The van der Waals surface area contributed by atoms with Gasteiger partial charge in [-0.3, -0.25) is 0 Å². The maximum Gasteiger partial charge on any atom is 0.119 e. The third kappa shape index (κ3) is 3.79. The number of aryl methyl sites for hydroxylation is 1. The molecule has 0 spiro atoms. The van der Waals surface area contributed by atoms with Crippen molar-refractivity contribution in [3.05, 3.63) is 59.7 Å². The third-order valence-corrected chi connectivity index (χ3v) is 4.10. The van der Waals surface area contributed by atoms with Gasteiger partial charge < -0.3 is 14.6 Å². The summed E-state index contributed by atoms with van der Waals surface area (Å²) in [6, 6.07) is 14.7. The van der Waals surface area contributed by atoms with Crippen LogP contribution in [0.2, 0.25) is 0 Å². The Morgan fingerprint density at radius 1 is 1.12 bits per heavy atom. The number of fused-ring (bicyclic) bond motifs is 1. The van der Waals surface area contributed by atoms with E-state index in [4.69, 9.17) is 4.74 Å². The van der Waals surface area contributed by atoms with Gasteiger partial charge in [0.2, 0.25) is 0 Å². The number of nitrogens with zero attached hydrogens (tertiary/aromatic N) is 1. The quantitative estimate of drug-likeness (QED) is 0.644. The number of ether oxygens (including phenoxy) is 1. The summed E-state index contributed by atoms with van der Waals surface area (Å²) >= 11 is 0. The number of carboxylic acids is 1. The summed E-state index contributed by atoms with van der Waals surface area (Å²) < 4.78 is 5.66. The Morgan fingerprint density at radius 3 is 2.56 bits per heavy atom. The minimum absolute atomic E-state index is 0.159. The number of unbranched alkanes of at least 4 members (excludes halogenated alkanes) is 1. The van der Waals surface area contributed by atoms with Crippen LogP contribution in [0.4, 0.5) is 0 Å². The fraction of sp³-hybridized carbons (Fsp3) is 0.238. The van der Waals surface area contributed by atoms with E-state index < -0.39 is 5.97 Å². The van der Waals surface area contributed by atoms with E-state index in [-0.39, 0.29) is 5.56 Å². The molecule has 1 aromatic heterocycles. The number of hydrogen-bond donors (Lipinski definition) is 0. The first-order valence-corrected chi connectivity index (χ1v) is 8.44. The minimum atomic E-state index is -1.20. The van der Waals surface area contributed by atoms with Gasteiger partial charge in [-0.1, -0.05) is 25.0 Å². The zero-order chi connectivity index (χ0) is 17.8. The van der Waals surface area contributed by atoms with Gasteiger partial charge in [0.1, 0.15) is 5.75 Å². The molecule has 0 N–H and O–H groups in total. The van der Waals surface area contributed by atoms with E-state index in [1.54, 1.807) is 6.07 Å². The van der Waals surface area contributed by atoms with Crippen LogP contribution in [-0.4, -0.2) is 17.6 Å². The summed E-state index contributed by atoms with van der Waals surface area (Å²) in [5.74, 6) is -0.396. The molecule has 3 rings (SSSR count). The molecule has 0 bridgehead atoms. The second kappa shape index (κ2) is 7.34. The number of rotatable bonds is 6. The van der Waals surface area contributed by atoms with Crippen molar-refractivity contribution in [1.29, 1.82) is 0 Å². The molecule has 128 valence electrons. The van der Waals surface area contributed by atoms with Crippen molar-refractivity contribution in [2.75, 3.05) is 6.61 Å². The van der Waals surface area contributed by atoms with E-state index in [2.05, 4.69) is 11.9 Å². The van der Waals surface area contributed by atoms with E-state index in [9.17, 15) is 9.90 Å². The Morgan fingerprint density at radius 2 is 1.88 bits per heavy atom. The van der Waals surface area contributed by atoms with Crippen molar-refractivity contribution in [3.8, 4) is 17.0 Å². The van der Waals surface area contributed by atoms with Gasteiger partial charge in [0.25, 0.3) is 0 Å². The lowest BCUT2D eigenvalue weighted by Gasteiger charge is -2.12. The van der Waals surface area contributed by atoms with Crippen LogP contribution >= 0.6 is 0 Å². The fourth-order valence-corrected chi connectivity index (χ4v) is 2.71. The number of pyridine rings is 1. The maximum absolute atomic E-state index is 11.6. The Hall–Kier alpha value is -2.88. The maximum atomic E-state index is 11.6. The number of carboxylic acid groups (broad SMARTS) is 1. The third-order valence-electron chi connectivity index (χ3n) is 4.10. The molecule has 0 radical (unpaired) electrons. The molecule has 2 aromatic carbocycles. The second-order valence-corrected chi connectivity index (χ2v) is 6.09. The lowest BCUT2D eigenvalue weighted by atomic mass is 10.0. The minimum Gasteiger partial charge on any atom is -0.545 e. The molecular formula is C21H20NO3-. The largest absolute Gasteiger partial charge is 0.545 e. The molecule has 0 aliphatic rings. The zero-order valence-corrected chi connectivity index (χ0v) is 14.4. The SMILES string of the molecule is CCCCOc1ccc(-c2cc(C(=O)[O-])c3cc(C)ccc3n2)cc1. The van der Waals surface area contributed by atoms with Gasteiger partial charge in [-0.15, -0.1) is 0 Å². The van der Waals surface area contributed by atoms with Gasteiger partial charge in [-0.05, 0) is 55.8 Å². The monoisotopic (exact) mass is 334 g/mol. The molecule has 25 heavy (non-hydrogen) atoms. The van der Waals surface area contributed by atoms with Gasteiger partial charge in [0, 0.05) is 16.5 Å². The highest BCUT2D eigenvalue weighted by molar-refractivity contribution is 6.03. The average molecular weight is 334 g/mol. The standard InChI is InChI=1S/C21H21NO3/c1-3-4-11-25-16-8-6-15(7-9-16)20-13-18(21(23)24)17-12-14(2)5-10-19(17)22-20/h5-10,12-13H,3-4,11H2,1-2H3,(H,23,24)/p-1. The summed E-state index contributed by atoms with van der Waals surface area (Å²) in [7, 11) is 0. The van der Waals surface area contributed by atoms with Crippen LogP contribution in [0.15, 0.2) is 48.5 Å². The molecule has 0 unspecified atom stereocenters. The number of hydrogen-bond acceptors (Lipinski definition) is 4. The molecule has 4 heteroatoms. The van der Waals surface area contributed by atoms with E-state index >= 15 is 0 Å². The van der Waals surface area contributed by atoms with Crippen molar-refractivity contribution in [2.45, 2.75) is 26.7 Å². The number of aromatic nitrogens is 1. The molecule has 3 aromatic rings. The average Bonchev–Trinajstić information content (AvgIpc) is 2.61. The van der Waals surface area contributed by atoms with Gasteiger partial charge in [0.15, 0.2) is 0 Å². The molecular weight excluding hydrogens is 314 g/mol. The summed E-state index contributed by atoms with van der Waals surface area (Å²) in [5.41, 5.74) is 3.24. The van der Waals surface area contributed by atoms with Crippen molar-refractivity contribution < 1.29 is 14.6 Å². The zero-order valence-electron chi connectivity index (χ0n) is 14.4. The molecule has 0 saturated carbocycles. The number of benzene rings is 2. The highest BCUT2D eigenvalue weighted by atomic mass is 16.5. The fourth-order valence-electron chi connectivity index (χ4n) is 2.71. The predicted molar refractivity (Wildman–Crippen MR) is 96.6 cm³/mol. The Balaban J connectivity index is 1.98. The molecule has 0 fully saturated rings. The Kier molecular flexibility index (Phi) is 4.98. The molecule has 1 heterocycles. The van der Waals surface area contributed by atoms with Gasteiger partial charge in [0.05, 0.1) is 23.8 Å². The highest BCUT2D eigenvalue weighted by Gasteiger charge is 2.09. The molecule has 0 saturated heterocycles. The van der Waals surface area contributed by atoms with E-state index in [0.717, 1.165) is 29.7 Å². The van der Waals surface area contributed by atoms with E-state index in [0.29, 0.717) is 23.2 Å². The van der Waals surface area contributed by atoms with Crippen molar-refractivity contribution in [2.24, 2.45) is 0 Å². The van der Waals surface area contributed by atoms with Gasteiger partial charge in [-0.2, -0.15) is 0 Å². The normalized spacial score (nSPS) is 10.8. The topological polar surface area (TPSA) is 62.2 Å². The molecule has 0 aliphatic carbocycles. The van der Waals surface area contributed by atoms with Crippen LogP contribution in [-0.2, 0) is 0 Å². The summed E-state index contributed by atoms with van der Waals surface area (Å²) in [5, 5.41) is 12.2. The first kappa shape index (κ1) is 17.0. The van der Waals surface area contributed by atoms with Crippen molar-refractivity contribution >= 4 is 16.9 Å². The van der Waals surface area contributed by atoms with Gasteiger partial charge in [-0.25, -0.2) is 4.98 Å². The molecule has 0 amide bonds. The molecule has 4 nitrogen and oxygen atoms in total. The number of carbonyl (C=O) groups excluding carboxylic acids is 1. The van der Waals surface area contributed by atoms with E-state index in [1.807, 2.05) is 49.4 Å².